The Morgan fingerprint density at radius 3 is 2.07 bits per heavy atom. The second-order valence-electron chi connectivity index (χ2n) is 3.62. The molecule has 88 valence electrons. The van der Waals surface area contributed by atoms with Crippen molar-refractivity contribution in [3.63, 3.8) is 0 Å². The number of hydrogen-bond donors (Lipinski definition) is 1. The maximum atomic E-state index is 11.8. The first-order valence-electron chi connectivity index (χ1n) is 4.05. The topological polar surface area (TPSA) is 46.2 Å². The lowest BCUT2D eigenvalue weighted by atomic mass is 9.89. The fourth-order valence-corrected chi connectivity index (χ4v) is 1.44. The molecule has 1 amide bonds. The average molecular weight is 290 g/mol. The number of amides is 1. The summed E-state index contributed by atoms with van der Waals surface area (Å²) < 4.78 is 35.4. The maximum absolute atomic E-state index is 11.8. The summed E-state index contributed by atoms with van der Waals surface area (Å²) in [7, 11) is 0. The Morgan fingerprint density at radius 2 is 1.73 bits per heavy atom. The molecule has 0 bridgehead atoms. The molecule has 0 aliphatic carbocycles. The number of alkyl halides is 4. The van der Waals surface area contributed by atoms with Crippen LogP contribution in [-0.2, 0) is 9.59 Å². The molecule has 0 atom stereocenters. The molecule has 0 aromatic rings. The molecule has 0 fully saturated rings. The number of carbonyl (C=O) groups is 2. The van der Waals surface area contributed by atoms with E-state index in [2.05, 4.69) is 15.9 Å². The van der Waals surface area contributed by atoms with Crippen LogP contribution in [0.4, 0.5) is 13.2 Å². The summed E-state index contributed by atoms with van der Waals surface area (Å²) in [6, 6.07) is 0. The smallest absolute Gasteiger partial charge is 0.347 e. The van der Waals surface area contributed by atoms with Crippen LogP contribution in [0.3, 0.4) is 0 Å². The van der Waals surface area contributed by atoms with E-state index in [1.54, 1.807) is 5.32 Å². The van der Waals surface area contributed by atoms with E-state index in [4.69, 9.17) is 0 Å². The first-order chi connectivity index (χ1) is 6.61. The van der Waals surface area contributed by atoms with Gasteiger partial charge < -0.3 is 5.32 Å². The summed E-state index contributed by atoms with van der Waals surface area (Å²) in [5.74, 6) is -2.30. The number of hydrogen-bond acceptors (Lipinski definition) is 2. The van der Waals surface area contributed by atoms with Gasteiger partial charge in [0.05, 0.1) is 5.33 Å². The summed E-state index contributed by atoms with van der Waals surface area (Å²) in [6.45, 7) is 2.59. The van der Waals surface area contributed by atoms with Crippen molar-refractivity contribution in [2.75, 3.05) is 11.9 Å². The Kier molecular flexibility index (Phi) is 4.76. The van der Waals surface area contributed by atoms with E-state index in [1.807, 2.05) is 0 Å². The maximum Gasteiger partial charge on any atom is 0.471 e. The molecule has 0 aromatic carbocycles. The molecule has 0 radical (unpaired) electrons. The highest BCUT2D eigenvalue weighted by Crippen LogP contribution is 2.19. The fraction of sp³-hybridized carbons (Fsp3) is 0.750. The Morgan fingerprint density at radius 1 is 1.27 bits per heavy atom. The minimum atomic E-state index is -4.91. The molecule has 0 rings (SSSR count). The van der Waals surface area contributed by atoms with Gasteiger partial charge in [0.25, 0.3) is 0 Å². The Balaban J connectivity index is 4.28. The van der Waals surface area contributed by atoms with E-state index in [1.165, 1.54) is 13.8 Å². The number of carbonyl (C=O) groups excluding carboxylic acids is 2. The molecule has 0 aliphatic rings. The van der Waals surface area contributed by atoms with E-state index >= 15 is 0 Å². The van der Waals surface area contributed by atoms with Crippen molar-refractivity contribution in [3.8, 4) is 0 Å². The number of Topliss-reactive ketones (excluding diaryl/α,β-unsaturated/α-hetero) is 1. The highest BCUT2D eigenvalue weighted by Gasteiger charge is 2.39. The Hall–Kier alpha value is -0.590. The van der Waals surface area contributed by atoms with Crippen molar-refractivity contribution in [2.24, 2.45) is 5.41 Å². The number of nitrogens with one attached hydrogen (secondary N) is 1. The molecule has 0 saturated heterocycles. The largest absolute Gasteiger partial charge is 0.471 e. The summed E-state index contributed by atoms with van der Waals surface area (Å²) >= 11 is 2.91. The van der Waals surface area contributed by atoms with Crippen molar-refractivity contribution < 1.29 is 22.8 Å². The van der Waals surface area contributed by atoms with Crippen LogP contribution in [0.1, 0.15) is 13.8 Å². The normalized spacial score (nSPS) is 12.4. The van der Waals surface area contributed by atoms with Gasteiger partial charge in [-0.05, 0) is 0 Å². The van der Waals surface area contributed by atoms with Gasteiger partial charge in [0.1, 0.15) is 0 Å². The monoisotopic (exact) mass is 289 g/mol. The molecular formula is C8H11BrF3NO2. The summed E-state index contributed by atoms with van der Waals surface area (Å²) in [4.78, 5) is 21.7. The minimum Gasteiger partial charge on any atom is -0.347 e. The molecule has 15 heavy (non-hydrogen) atoms. The van der Waals surface area contributed by atoms with Gasteiger partial charge in [-0.25, -0.2) is 0 Å². The van der Waals surface area contributed by atoms with Crippen LogP contribution >= 0.6 is 15.9 Å². The third kappa shape index (κ3) is 4.63. The summed E-state index contributed by atoms with van der Waals surface area (Å²) in [6.07, 6.45) is -4.91. The third-order valence-electron chi connectivity index (χ3n) is 1.82. The van der Waals surface area contributed by atoms with E-state index in [0.717, 1.165) is 0 Å². The number of halogens is 4. The predicted molar refractivity (Wildman–Crippen MR) is 51.6 cm³/mol. The van der Waals surface area contributed by atoms with E-state index in [0.29, 0.717) is 0 Å². The summed E-state index contributed by atoms with van der Waals surface area (Å²) in [5.41, 5.74) is -1.01. The van der Waals surface area contributed by atoms with Gasteiger partial charge >= 0.3 is 12.1 Å². The molecular weight excluding hydrogens is 279 g/mol. The standard InChI is InChI=1S/C8H11BrF3NO2/c1-7(2,5(14)3-9)4-13-6(15)8(10,11)12/h3-4H2,1-2H3,(H,13,15). The number of rotatable bonds is 4. The molecule has 7 heteroatoms. The highest BCUT2D eigenvalue weighted by molar-refractivity contribution is 9.09. The second-order valence-corrected chi connectivity index (χ2v) is 4.18. The minimum absolute atomic E-state index is 0.0435. The molecule has 1 N–H and O–H groups in total. The highest BCUT2D eigenvalue weighted by atomic mass is 79.9. The van der Waals surface area contributed by atoms with Crippen LogP contribution in [-0.4, -0.2) is 29.7 Å². The van der Waals surface area contributed by atoms with Gasteiger partial charge in [0, 0.05) is 12.0 Å². The van der Waals surface area contributed by atoms with Crippen molar-refractivity contribution >= 4 is 27.6 Å². The van der Waals surface area contributed by atoms with Gasteiger partial charge in [-0.15, -0.1) is 0 Å². The second kappa shape index (κ2) is 4.96. The van der Waals surface area contributed by atoms with E-state index in [-0.39, 0.29) is 17.7 Å². The van der Waals surface area contributed by atoms with Crippen molar-refractivity contribution in [3.05, 3.63) is 0 Å². The van der Waals surface area contributed by atoms with Crippen molar-refractivity contribution in [2.45, 2.75) is 20.0 Å². The lowest BCUT2D eigenvalue weighted by Crippen LogP contribution is -2.44. The first kappa shape index (κ1) is 14.4. The van der Waals surface area contributed by atoms with Crippen LogP contribution in [0, 0.1) is 5.41 Å². The SMILES string of the molecule is CC(C)(CNC(=O)C(F)(F)F)C(=O)CBr. The van der Waals surface area contributed by atoms with Gasteiger partial charge in [-0.2, -0.15) is 13.2 Å². The lowest BCUT2D eigenvalue weighted by Gasteiger charge is -2.22. The lowest BCUT2D eigenvalue weighted by molar-refractivity contribution is -0.174. The third-order valence-corrected chi connectivity index (χ3v) is 2.33. The van der Waals surface area contributed by atoms with Crippen LogP contribution < -0.4 is 5.32 Å². The van der Waals surface area contributed by atoms with Crippen LogP contribution in [0.15, 0.2) is 0 Å². The van der Waals surface area contributed by atoms with Crippen molar-refractivity contribution in [1.82, 2.24) is 5.32 Å². The number of ketones is 1. The molecule has 0 heterocycles. The predicted octanol–water partition coefficient (Wildman–Crippen LogP) is 1.66. The molecule has 0 unspecified atom stereocenters. The van der Waals surface area contributed by atoms with Crippen LogP contribution in [0.2, 0.25) is 0 Å². The van der Waals surface area contributed by atoms with Crippen LogP contribution in [0.25, 0.3) is 0 Å². The molecule has 0 spiro atoms. The Labute approximate surface area is 93.5 Å². The Bertz CT molecular complexity index is 263. The average Bonchev–Trinajstić information content (AvgIpc) is 2.11. The van der Waals surface area contributed by atoms with Gasteiger partial charge in [0.2, 0.25) is 0 Å². The zero-order chi connectivity index (χ0) is 12.3. The van der Waals surface area contributed by atoms with E-state index in [9.17, 15) is 22.8 Å². The molecule has 3 nitrogen and oxygen atoms in total. The quantitative estimate of drug-likeness (QED) is 0.800. The fourth-order valence-electron chi connectivity index (χ4n) is 0.681. The molecule has 0 aromatic heterocycles. The zero-order valence-electron chi connectivity index (χ0n) is 8.24. The molecule has 0 aliphatic heterocycles. The first-order valence-corrected chi connectivity index (χ1v) is 5.17. The molecule has 0 saturated carbocycles. The summed E-state index contributed by atoms with van der Waals surface area (Å²) in [5, 5.41) is 1.72. The van der Waals surface area contributed by atoms with E-state index < -0.39 is 17.5 Å². The van der Waals surface area contributed by atoms with Crippen LogP contribution in [0.5, 0.6) is 0 Å². The van der Waals surface area contributed by atoms with Crippen molar-refractivity contribution in [1.29, 1.82) is 0 Å². The van der Waals surface area contributed by atoms with Gasteiger partial charge in [0.15, 0.2) is 5.78 Å². The zero-order valence-corrected chi connectivity index (χ0v) is 9.83. The van der Waals surface area contributed by atoms with Gasteiger partial charge in [-0.1, -0.05) is 29.8 Å². The van der Waals surface area contributed by atoms with Gasteiger partial charge in [-0.3, -0.25) is 9.59 Å².